The maximum atomic E-state index is 4.59. The number of tetrazole rings is 1. The second-order valence-electron chi connectivity index (χ2n) is 8.68. The average Bonchev–Trinajstić information content (AvgIpc) is 3.31. The summed E-state index contributed by atoms with van der Waals surface area (Å²) < 4.78 is 2.35. The van der Waals surface area contributed by atoms with Crippen LogP contribution in [0.15, 0.2) is 48.9 Å². The minimum absolute atomic E-state index is 0.295. The van der Waals surface area contributed by atoms with Crippen molar-refractivity contribution in [2.24, 2.45) is 5.92 Å². The van der Waals surface area contributed by atoms with Gasteiger partial charge in [-0.2, -0.15) is 5.21 Å². The first-order valence-corrected chi connectivity index (χ1v) is 11.0. The number of imidazole rings is 1. The highest BCUT2D eigenvalue weighted by Crippen LogP contribution is 2.50. The number of rotatable bonds is 5. The molecular formula is C23H25N7. The first kappa shape index (κ1) is 17.7. The standard InChI is InChI=1S/C23H25N7/c1-3-8-18(16(6-1)17-7-2-4-9-19(17)22-26-28-29-27-22)21(15-11-12-15)30-14-25-23-20(30)10-5-13-24-23/h1,3,5-6,8,10,13-15,17,19,21H,2,4,7,9,11-12H2,(H,26,27,28,29). The highest BCUT2D eigenvalue weighted by atomic mass is 15.5. The second-order valence-corrected chi connectivity index (χ2v) is 8.68. The van der Waals surface area contributed by atoms with Gasteiger partial charge in [0.1, 0.15) is 0 Å². The quantitative estimate of drug-likeness (QED) is 0.538. The average molecular weight is 400 g/mol. The Labute approximate surface area is 174 Å². The van der Waals surface area contributed by atoms with Crippen molar-refractivity contribution >= 4 is 11.2 Å². The van der Waals surface area contributed by atoms with Crippen molar-refractivity contribution in [3.63, 3.8) is 0 Å². The molecule has 0 saturated heterocycles. The molecule has 7 heteroatoms. The Morgan fingerprint density at radius 3 is 2.63 bits per heavy atom. The summed E-state index contributed by atoms with van der Waals surface area (Å²) in [5, 5.41) is 15.2. The van der Waals surface area contributed by atoms with Crippen molar-refractivity contribution in [3.05, 3.63) is 65.9 Å². The number of hydrogen-bond donors (Lipinski definition) is 1. The summed E-state index contributed by atoms with van der Waals surface area (Å²) in [4.78, 5) is 9.05. The summed E-state index contributed by atoms with van der Waals surface area (Å²) in [5.74, 6) is 2.24. The van der Waals surface area contributed by atoms with Crippen LogP contribution in [0, 0.1) is 5.92 Å². The lowest BCUT2D eigenvalue weighted by Crippen LogP contribution is -2.21. The van der Waals surface area contributed by atoms with Gasteiger partial charge in [0.25, 0.3) is 0 Å². The Balaban J connectivity index is 1.47. The van der Waals surface area contributed by atoms with Gasteiger partial charge in [0.15, 0.2) is 11.5 Å². The third-order valence-electron chi connectivity index (χ3n) is 6.89. The predicted octanol–water partition coefficient (Wildman–Crippen LogP) is 4.39. The van der Waals surface area contributed by atoms with Crippen LogP contribution >= 0.6 is 0 Å². The molecule has 0 radical (unpaired) electrons. The fourth-order valence-corrected chi connectivity index (χ4v) is 5.39. The zero-order valence-electron chi connectivity index (χ0n) is 16.9. The highest BCUT2D eigenvalue weighted by Gasteiger charge is 2.38. The van der Waals surface area contributed by atoms with E-state index in [1.807, 2.05) is 18.6 Å². The van der Waals surface area contributed by atoms with Crippen LogP contribution in [0.2, 0.25) is 0 Å². The summed E-state index contributed by atoms with van der Waals surface area (Å²) in [5.41, 5.74) is 4.80. The minimum Gasteiger partial charge on any atom is -0.321 e. The molecule has 3 heterocycles. The lowest BCUT2D eigenvalue weighted by molar-refractivity contribution is 0.368. The molecule has 0 aliphatic heterocycles. The number of pyridine rings is 1. The third kappa shape index (κ3) is 3.00. The molecule has 3 atom stereocenters. The Morgan fingerprint density at radius 1 is 0.933 bits per heavy atom. The molecule has 0 bridgehead atoms. The molecule has 4 aromatic rings. The van der Waals surface area contributed by atoms with Crippen molar-refractivity contribution < 1.29 is 0 Å². The van der Waals surface area contributed by atoms with E-state index in [0.717, 1.165) is 23.4 Å². The topological polar surface area (TPSA) is 85.2 Å². The first-order chi connectivity index (χ1) is 14.9. The molecule has 1 aromatic carbocycles. The molecule has 2 aliphatic carbocycles. The second kappa shape index (κ2) is 7.31. The van der Waals surface area contributed by atoms with Crippen molar-refractivity contribution in [1.29, 1.82) is 0 Å². The molecule has 6 rings (SSSR count). The van der Waals surface area contributed by atoms with Gasteiger partial charge in [-0.15, -0.1) is 10.2 Å². The van der Waals surface area contributed by atoms with Crippen molar-refractivity contribution in [1.82, 2.24) is 35.2 Å². The fraction of sp³-hybridized carbons (Fsp3) is 0.435. The summed E-state index contributed by atoms with van der Waals surface area (Å²) >= 11 is 0. The molecule has 2 fully saturated rings. The van der Waals surface area contributed by atoms with E-state index in [4.69, 9.17) is 0 Å². The Kier molecular flexibility index (Phi) is 4.32. The summed E-state index contributed by atoms with van der Waals surface area (Å²) in [6, 6.07) is 13.4. The largest absolute Gasteiger partial charge is 0.321 e. The molecule has 30 heavy (non-hydrogen) atoms. The van der Waals surface area contributed by atoms with Gasteiger partial charge in [-0.05, 0) is 60.8 Å². The summed E-state index contributed by atoms with van der Waals surface area (Å²) in [6.45, 7) is 0. The first-order valence-electron chi connectivity index (χ1n) is 11.0. The van der Waals surface area contributed by atoms with Crippen LogP contribution in [0.4, 0.5) is 0 Å². The lowest BCUT2D eigenvalue weighted by Gasteiger charge is -2.33. The van der Waals surface area contributed by atoms with Crippen molar-refractivity contribution in [3.8, 4) is 0 Å². The molecule has 0 amide bonds. The Morgan fingerprint density at radius 2 is 1.80 bits per heavy atom. The molecular weight excluding hydrogens is 374 g/mol. The molecule has 2 aliphatic rings. The fourth-order valence-electron chi connectivity index (χ4n) is 5.39. The number of nitrogens with one attached hydrogen (secondary N) is 1. The molecule has 2 saturated carbocycles. The van der Waals surface area contributed by atoms with Gasteiger partial charge in [0.2, 0.25) is 0 Å². The Bertz CT molecular complexity index is 1150. The summed E-state index contributed by atoms with van der Waals surface area (Å²) in [7, 11) is 0. The number of aromatic amines is 1. The van der Waals surface area contributed by atoms with E-state index in [2.05, 4.69) is 65.5 Å². The minimum atomic E-state index is 0.295. The van der Waals surface area contributed by atoms with Crippen LogP contribution < -0.4 is 0 Å². The van der Waals surface area contributed by atoms with E-state index in [9.17, 15) is 0 Å². The molecule has 152 valence electrons. The number of H-pyrrole nitrogens is 1. The van der Waals surface area contributed by atoms with Crippen LogP contribution in [0.25, 0.3) is 11.2 Å². The Hall–Kier alpha value is -3.09. The number of benzene rings is 1. The number of aromatic nitrogens is 7. The molecule has 3 aromatic heterocycles. The maximum Gasteiger partial charge on any atom is 0.178 e. The summed E-state index contributed by atoms with van der Waals surface area (Å²) in [6.07, 6.45) is 11.1. The van der Waals surface area contributed by atoms with Crippen LogP contribution in [0.1, 0.15) is 73.4 Å². The van der Waals surface area contributed by atoms with Gasteiger partial charge in [-0.1, -0.05) is 42.3 Å². The van der Waals surface area contributed by atoms with E-state index < -0.39 is 0 Å². The van der Waals surface area contributed by atoms with E-state index >= 15 is 0 Å². The van der Waals surface area contributed by atoms with Crippen LogP contribution in [0.3, 0.4) is 0 Å². The van der Waals surface area contributed by atoms with Crippen LogP contribution in [-0.4, -0.2) is 35.2 Å². The highest BCUT2D eigenvalue weighted by molar-refractivity contribution is 5.70. The molecule has 1 N–H and O–H groups in total. The van der Waals surface area contributed by atoms with Gasteiger partial charge in [0, 0.05) is 12.1 Å². The zero-order chi connectivity index (χ0) is 19.9. The molecule has 7 nitrogen and oxygen atoms in total. The van der Waals surface area contributed by atoms with Gasteiger partial charge in [-0.25, -0.2) is 9.97 Å². The number of fused-ring (bicyclic) bond motifs is 1. The van der Waals surface area contributed by atoms with E-state index in [0.29, 0.717) is 23.8 Å². The smallest absolute Gasteiger partial charge is 0.178 e. The number of nitrogens with zero attached hydrogens (tertiary/aromatic N) is 6. The SMILES string of the molecule is c1ccc(C(C2CC2)n2cnc3ncccc32)c(C2CCCCC2c2nn[nH]n2)c1. The van der Waals surface area contributed by atoms with Gasteiger partial charge in [-0.3, -0.25) is 0 Å². The van der Waals surface area contributed by atoms with Crippen molar-refractivity contribution in [2.45, 2.75) is 56.4 Å². The third-order valence-corrected chi connectivity index (χ3v) is 6.89. The monoisotopic (exact) mass is 399 g/mol. The van der Waals surface area contributed by atoms with Gasteiger partial charge >= 0.3 is 0 Å². The number of hydrogen-bond acceptors (Lipinski definition) is 5. The van der Waals surface area contributed by atoms with E-state index in [1.54, 1.807) is 0 Å². The van der Waals surface area contributed by atoms with E-state index in [1.165, 1.54) is 43.2 Å². The van der Waals surface area contributed by atoms with Crippen LogP contribution in [0.5, 0.6) is 0 Å². The van der Waals surface area contributed by atoms with Gasteiger partial charge < -0.3 is 4.57 Å². The maximum absolute atomic E-state index is 4.59. The molecule has 0 spiro atoms. The van der Waals surface area contributed by atoms with Crippen molar-refractivity contribution in [2.75, 3.05) is 0 Å². The van der Waals surface area contributed by atoms with Crippen LogP contribution in [-0.2, 0) is 0 Å². The zero-order valence-corrected chi connectivity index (χ0v) is 16.9. The lowest BCUT2D eigenvalue weighted by atomic mass is 9.73. The van der Waals surface area contributed by atoms with E-state index in [-0.39, 0.29) is 0 Å². The van der Waals surface area contributed by atoms with Gasteiger partial charge in [0.05, 0.1) is 17.9 Å². The normalized spacial score (nSPS) is 22.9. The predicted molar refractivity (Wildman–Crippen MR) is 113 cm³/mol. The molecule has 3 unspecified atom stereocenters.